The molecule has 29 heavy (non-hydrogen) atoms. The normalized spacial score (nSPS) is 11.3. The van der Waals surface area contributed by atoms with Gasteiger partial charge in [0.1, 0.15) is 5.82 Å². The second-order valence-corrected chi connectivity index (χ2v) is 6.90. The van der Waals surface area contributed by atoms with E-state index in [-0.39, 0.29) is 17.5 Å². The lowest BCUT2D eigenvalue weighted by molar-refractivity contribution is 0.181. The highest BCUT2D eigenvalue weighted by Gasteiger charge is 2.18. The van der Waals surface area contributed by atoms with Crippen LogP contribution in [0.5, 0.6) is 0 Å². The molecular formula is C21H21N5O3. The number of nitrogens with zero attached hydrogens (tertiary/aromatic N) is 3. The van der Waals surface area contributed by atoms with Gasteiger partial charge in [-0.3, -0.25) is 14.7 Å². The summed E-state index contributed by atoms with van der Waals surface area (Å²) < 4.78 is 6.71. The number of fused-ring (bicyclic) bond motifs is 1. The zero-order valence-electron chi connectivity index (χ0n) is 16.4. The average Bonchev–Trinajstić information content (AvgIpc) is 3.04. The minimum Gasteiger partial charge on any atom is -0.378 e. The van der Waals surface area contributed by atoms with Crippen LogP contribution in [0.4, 0.5) is 0 Å². The van der Waals surface area contributed by atoms with Gasteiger partial charge in [0.2, 0.25) is 0 Å². The Bertz CT molecular complexity index is 1300. The molecule has 0 spiro atoms. The fourth-order valence-corrected chi connectivity index (χ4v) is 3.52. The number of aryl methyl sites for hydroxylation is 2. The van der Waals surface area contributed by atoms with E-state index in [4.69, 9.17) is 9.72 Å². The Balaban J connectivity index is 1.91. The van der Waals surface area contributed by atoms with Gasteiger partial charge in [-0.1, -0.05) is 30.3 Å². The first-order valence-electron chi connectivity index (χ1n) is 9.22. The predicted molar refractivity (Wildman–Crippen MR) is 109 cm³/mol. The van der Waals surface area contributed by atoms with Gasteiger partial charge in [0.15, 0.2) is 5.65 Å². The van der Waals surface area contributed by atoms with E-state index in [1.54, 1.807) is 21.0 Å². The molecule has 148 valence electrons. The number of benzene rings is 1. The molecular weight excluding hydrogens is 370 g/mol. The van der Waals surface area contributed by atoms with Crippen molar-refractivity contribution < 1.29 is 4.74 Å². The molecule has 3 heterocycles. The molecule has 8 nitrogen and oxygen atoms in total. The van der Waals surface area contributed by atoms with Crippen molar-refractivity contribution in [2.24, 2.45) is 0 Å². The summed E-state index contributed by atoms with van der Waals surface area (Å²) in [6, 6.07) is 11.1. The van der Waals surface area contributed by atoms with Gasteiger partial charge in [0, 0.05) is 36.4 Å². The van der Waals surface area contributed by atoms with Crippen molar-refractivity contribution >= 4 is 5.65 Å². The number of rotatable bonds is 5. The highest BCUT2D eigenvalue weighted by Crippen LogP contribution is 2.27. The van der Waals surface area contributed by atoms with Crippen molar-refractivity contribution in [1.29, 1.82) is 0 Å². The van der Waals surface area contributed by atoms with Crippen LogP contribution in [0.1, 0.15) is 28.5 Å². The fraction of sp³-hybridized carbons (Fsp3) is 0.238. The highest BCUT2D eigenvalue weighted by atomic mass is 16.5. The largest absolute Gasteiger partial charge is 0.378 e. The maximum atomic E-state index is 12.8. The van der Waals surface area contributed by atoms with E-state index in [9.17, 15) is 9.59 Å². The summed E-state index contributed by atoms with van der Waals surface area (Å²) >= 11 is 0. The molecule has 1 aromatic carbocycles. The van der Waals surface area contributed by atoms with E-state index in [2.05, 4.69) is 15.1 Å². The summed E-state index contributed by atoms with van der Waals surface area (Å²) in [5.74, 6) is 0.556. The maximum absolute atomic E-state index is 12.8. The van der Waals surface area contributed by atoms with Crippen molar-refractivity contribution in [2.45, 2.75) is 26.9 Å². The van der Waals surface area contributed by atoms with E-state index in [0.717, 1.165) is 16.8 Å². The summed E-state index contributed by atoms with van der Waals surface area (Å²) in [7, 11) is 1.60. The molecule has 4 rings (SSSR count). The van der Waals surface area contributed by atoms with Crippen molar-refractivity contribution in [3.05, 3.63) is 85.6 Å². The van der Waals surface area contributed by atoms with Crippen LogP contribution in [-0.2, 0) is 17.8 Å². The fourth-order valence-electron chi connectivity index (χ4n) is 3.52. The zero-order chi connectivity index (χ0) is 20.5. The molecule has 0 atom stereocenters. The summed E-state index contributed by atoms with van der Waals surface area (Å²) in [6.45, 7) is 3.83. The molecule has 0 bridgehead atoms. The first-order chi connectivity index (χ1) is 14.0. The maximum Gasteiger partial charge on any atom is 0.272 e. The van der Waals surface area contributed by atoms with Gasteiger partial charge in [-0.2, -0.15) is 0 Å². The van der Waals surface area contributed by atoms with E-state index < -0.39 is 0 Å². The topological polar surface area (TPSA) is 105 Å². The van der Waals surface area contributed by atoms with Gasteiger partial charge in [-0.25, -0.2) is 14.5 Å². The van der Waals surface area contributed by atoms with Crippen LogP contribution in [0, 0.1) is 13.8 Å². The van der Waals surface area contributed by atoms with E-state index in [1.807, 2.05) is 30.3 Å². The zero-order valence-corrected chi connectivity index (χ0v) is 16.4. The second-order valence-electron chi connectivity index (χ2n) is 6.90. The van der Waals surface area contributed by atoms with E-state index in [1.165, 1.54) is 10.6 Å². The molecule has 0 aliphatic heterocycles. The van der Waals surface area contributed by atoms with Crippen LogP contribution in [0.25, 0.3) is 16.8 Å². The van der Waals surface area contributed by atoms with Crippen molar-refractivity contribution in [3.8, 4) is 11.1 Å². The Morgan fingerprint density at radius 2 is 1.86 bits per heavy atom. The van der Waals surface area contributed by atoms with Gasteiger partial charge in [0.25, 0.3) is 11.1 Å². The number of methoxy groups -OCH3 is 1. The predicted octanol–water partition coefficient (Wildman–Crippen LogP) is 2.13. The Kier molecular flexibility index (Phi) is 4.85. The van der Waals surface area contributed by atoms with Crippen molar-refractivity contribution in [3.63, 3.8) is 0 Å². The van der Waals surface area contributed by atoms with E-state index >= 15 is 0 Å². The molecule has 0 fully saturated rings. The Hall–Kier alpha value is -3.52. The molecule has 0 unspecified atom stereocenters. The highest BCUT2D eigenvalue weighted by molar-refractivity contribution is 5.79. The average molecular weight is 391 g/mol. The number of aromatic nitrogens is 5. The molecule has 3 aromatic heterocycles. The third kappa shape index (κ3) is 3.50. The molecule has 0 aliphatic carbocycles. The number of H-pyrrole nitrogens is 2. The molecule has 0 saturated carbocycles. The van der Waals surface area contributed by atoms with Crippen LogP contribution >= 0.6 is 0 Å². The van der Waals surface area contributed by atoms with Crippen LogP contribution in [0.15, 0.2) is 46.0 Å². The number of ether oxygens (including phenoxy) is 1. The van der Waals surface area contributed by atoms with Gasteiger partial charge in [0.05, 0.1) is 18.0 Å². The van der Waals surface area contributed by atoms with Crippen molar-refractivity contribution in [1.82, 2.24) is 24.6 Å². The third-order valence-electron chi connectivity index (χ3n) is 4.79. The summed E-state index contributed by atoms with van der Waals surface area (Å²) in [6.07, 6.45) is 0.221. The Morgan fingerprint density at radius 3 is 2.55 bits per heavy atom. The van der Waals surface area contributed by atoms with Crippen LogP contribution in [-0.4, -0.2) is 31.7 Å². The number of nitrogens with one attached hydrogen (secondary N) is 2. The molecule has 0 saturated heterocycles. The summed E-state index contributed by atoms with van der Waals surface area (Å²) in [5.41, 5.74) is 4.16. The third-order valence-corrected chi connectivity index (χ3v) is 4.79. The molecule has 0 radical (unpaired) electrons. The number of aromatic amines is 2. The minimum atomic E-state index is -0.251. The number of hydrogen-bond donors (Lipinski definition) is 2. The lowest BCUT2D eigenvalue weighted by Gasteiger charge is -2.06. The van der Waals surface area contributed by atoms with Gasteiger partial charge in [-0.15, -0.1) is 0 Å². The van der Waals surface area contributed by atoms with E-state index in [0.29, 0.717) is 35.0 Å². The second kappa shape index (κ2) is 7.48. The van der Waals surface area contributed by atoms with Gasteiger partial charge < -0.3 is 9.72 Å². The van der Waals surface area contributed by atoms with Crippen LogP contribution in [0.2, 0.25) is 0 Å². The molecule has 2 N–H and O–H groups in total. The first-order valence-corrected chi connectivity index (χ1v) is 9.22. The van der Waals surface area contributed by atoms with Crippen molar-refractivity contribution in [2.75, 3.05) is 7.11 Å². The molecule has 8 heteroatoms. The van der Waals surface area contributed by atoms with Gasteiger partial charge >= 0.3 is 0 Å². The lowest BCUT2D eigenvalue weighted by atomic mass is 10.1. The quantitative estimate of drug-likeness (QED) is 0.542. The molecule has 4 aromatic rings. The van der Waals surface area contributed by atoms with Gasteiger partial charge in [-0.05, 0) is 19.4 Å². The number of hydrogen-bond acceptors (Lipinski definition) is 5. The molecule has 0 aliphatic rings. The summed E-state index contributed by atoms with van der Waals surface area (Å²) in [4.78, 5) is 36.9. The summed E-state index contributed by atoms with van der Waals surface area (Å²) in [5, 5.41) is 3.09. The first kappa shape index (κ1) is 18.8. The SMILES string of the molecule is COCc1[nH]n2c(=O)cc(Cc3c(C)nc(C)[nH]c3=O)nc2c1-c1ccccc1. The van der Waals surface area contributed by atoms with Crippen LogP contribution < -0.4 is 11.1 Å². The Morgan fingerprint density at radius 1 is 1.10 bits per heavy atom. The Labute approximate surface area is 166 Å². The minimum absolute atomic E-state index is 0.213. The lowest BCUT2D eigenvalue weighted by Crippen LogP contribution is -2.20. The van der Waals surface area contributed by atoms with Crippen LogP contribution in [0.3, 0.4) is 0 Å². The smallest absolute Gasteiger partial charge is 0.272 e. The monoisotopic (exact) mass is 391 g/mol. The molecule has 0 amide bonds. The standard InChI is InChI=1S/C21H21N5O3/c1-12-16(21(28)23-13(2)22-12)9-15-10-18(27)26-20(24-15)19(17(25-26)11-29-3)14-7-5-4-6-8-14/h4-8,10,25H,9,11H2,1-3H3,(H,22,23,28).